The molecule has 4 atom stereocenters. The maximum atomic E-state index is 13.2. The summed E-state index contributed by atoms with van der Waals surface area (Å²) < 4.78 is 0. The summed E-state index contributed by atoms with van der Waals surface area (Å²) in [5.74, 6) is -3.50. The highest BCUT2D eigenvalue weighted by molar-refractivity contribution is 5.94. The van der Waals surface area contributed by atoms with Gasteiger partial charge < -0.3 is 36.9 Å². The summed E-state index contributed by atoms with van der Waals surface area (Å²) in [6, 6.07) is 1.76. The van der Waals surface area contributed by atoms with Gasteiger partial charge in [0.05, 0.1) is 12.4 Å². The maximum Gasteiger partial charge on any atom is 0.326 e. The predicted molar refractivity (Wildman–Crippen MR) is 126 cm³/mol. The fourth-order valence-electron chi connectivity index (χ4n) is 3.25. The van der Waals surface area contributed by atoms with Crippen molar-refractivity contribution in [3.05, 3.63) is 48.0 Å². The normalized spacial score (nSPS) is 14.4. The number of nitrogens with zero attached hydrogens (tertiary/aromatic N) is 1. The fourth-order valence-corrected chi connectivity index (χ4v) is 3.25. The van der Waals surface area contributed by atoms with E-state index < -0.39 is 53.8 Å². The van der Waals surface area contributed by atoms with Gasteiger partial charge in [0.15, 0.2) is 0 Å². The third-order valence-corrected chi connectivity index (χ3v) is 5.27. The van der Waals surface area contributed by atoms with Crippen LogP contribution in [-0.2, 0) is 32.0 Å². The van der Waals surface area contributed by atoms with E-state index in [0.29, 0.717) is 11.3 Å². The lowest BCUT2D eigenvalue weighted by Crippen LogP contribution is -2.58. The van der Waals surface area contributed by atoms with Crippen molar-refractivity contribution in [3.63, 3.8) is 0 Å². The second-order valence-electron chi connectivity index (χ2n) is 8.63. The van der Waals surface area contributed by atoms with Gasteiger partial charge in [0.1, 0.15) is 23.9 Å². The smallest absolute Gasteiger partial charge is 0.326 e. The van der Waals surface area contributed by atoms with Crippen LogP contribution in [-0.4, -0.2) is 68.0 Å². The molecule has 0 aliphatic heterocycles. The summed E-state index contributed by atoms with van der Waals surface area (Å²) in [5, 5.41) is 26.7. The molecule has 2 rings (SSSR count). The van der Waals surface area contributed by atoms with E-state index in [-0.39, 0.29) is 18.6 Å². The molecule has 0 saturated carbocycles. The minimum atomic E-state index is -1.20. The number of phenolic OH excluding ortho intramolecular Hbond substituents is 1. The zero-order valence-electron chi connectivity index (χ0n) is 19.8. The molecule has 0 spiro atoms. The number of benzene rings is 1. The molecule has 12 heteroatoms. The second-order valence-corrected chi connectivity index (χ2v) is 8.63. The Morgan fingerprint density at radius 2 is 1.51 bits per heavy atom. The van der Waals surface area contributed by atoms with Crippen LogP contribution < -0.4 is 21.7 Å². The number of hydrogen-bond donors (Lipinski definition) is 7. The highest BCUT2D eigenvalue weighted by Gasteiger charge is 2.31. The number of nitrogens with two attached hydrogens (primary N) is 1. The molecule has 0 bridgehead atoms. The first-order chi connectivity index (χ1) is 16.5. The van der Waals surface area contributed by atoms with E-state index in [4.69, 9.17) is 5.73 Å². The van der Waals surface area contributed by atoms with Gasteiger partial charge in [0.25, 0.3) is 0 Å². The summed E-state index contributed by atoms with van der Waals surface area (Å²) >= 11 is 0. The summed E-state index contributed by atoms with van der Waals surface area (Å²) in [7, 11) is 0. The number of carboxylic acid groups (broad SMARTS) is 1. The molecule has 0 fully saturated rings. The number of rotatable bonds is 12. The highest BCUT2D eigenvalue weighted by atomic mass is 16.4. The SMILES string of the molecule is CC(N)C(=O)NC(Cc1cnc[nH]1)C(=O)NC(Cc1ccc(O)cc1)C(=O)NC(C(=O)O)C(C)C. The van der Waals surface area contributed by atoms with E-state index in [1.165, 1.54) is 31.6 Å². The Bertz CT molecular complexity index is 1010. The van der Waals surface area contributed by atoms with E-state index in [0.717, 1.165) is 0 Å². The van der Waals surface area contributed by atoms with Crippen molar-refractivity contribution in [2.45, 2.75) is 57.8 Å². The number of aromatic nitrogens is 2. The van der Waals surface area contributed by atoms with E-state index in [9.17, 15) is 29.4 Å². The quantitative estimate of drug-likeness (QED) is 0.206. The van der Waals surface area contributed by atoms with Gasteiger partial charge >= 0.3 is 5.97 Å². The number of carbonyl (C=O) groups excluding carboxylic acids is 3. The lowest BCUT2D eigenvalue weighted by atomic mass is 10.0. The zero-order chi connectivity index (χ0) is 26.1. The Morgan fingerprint density at radius 3 is 2.03 bits per heavy atom. The minimum absolute atomic E-state index is 0.0142. The highest BCUT2D eigenvalue weighted by Crippen LogP contribution is 2.12. The molecule has 190 valence electrons. The van der Waals surface area contributed by atoms with Crippen molar-refractivity contribution in [2.24, 2.45) is 11.7 Å². The van der Waals surface area contributed by atoms with Crippen LogP contribution in [0, 0.1) is 5.92 Å². The summed E-state index contributed by atoms with van der Waals surface area (Å²) in [5.41, 5.74) is 6.81. The van der Waals surface area contributed by atoms with E-state index >= 15 is 0 Å². The molecular weight excluding hydrogens is 456 g/mol. The van der Waals surface area contributed by atoms with Gasteiger partial charge in [0, 0.05) is 24.7 Å². The van der Waals surface area contributed by atoms with Gasteiger partial charge in [-0.15, -0.1) is 0 Å². The molecule has 0 radical (unpaired) electrons. The third-order valence-electron chi connectivity index (χ3n) is 5.27. The Morgan fingerprint density at radius 1 is 0.943 bits per heavy atom. The van der Waals surface area contributed by atoms with Crippen LogP contribution in [0.1, 0.15) is 32.0 Å². The Hall–Kier alpha value is -3.93. The first-order valence-electron chi connectivity index (χ1n) is 11.1. The lowest BCUT2D eigenvalue weighted by molar-refractivity contribution is -0.143. The summed E-state index contributed by atoms with van der Waals surface area (Å²) in [6.45, 7) is 4.77. The Balaban J connectivity index is 2.28. The number of imidazole rings is 1. The molecule has 0 aliphatic carbocycles. The first-order valence-corrected chi connectivity index (χ1v) is 11.1. The van der Waals surface area contributed by atoms with Gasteiger partial charge in [-0.2, -0.15) is 0 Å². The fraction of sp³-hybridized carbons (Fsp3) is 0.435. The summed E-state index contributed by atoms with van der Waals surface area (Å²) in [4.78, 5) is 56.8. The number of amides is 3. The minimum Gasteiger partial charge on any atom is -0.508 e. The average molecular weight is 489 g/mol. The monoisotopic (exact) mass is 488 g/mol. The van der Waals surface area contributed by atoms with Crippen molar-refractivity contribution in [1.29, 1.82) is 0 Å². The Kier molecular flexibility index (Phi) is 9.76. The van der Waals surface area contributed by atoms with Gasteiger partial charge in [-0.25, -0.2) is 9.78 Å². The van der Waals surface area contributed by atoms with E-state index in [1.54, 1.807) is 26.0 Å². The van der Waals surface area contributed by atoms with Crippen molar-refractivity contribution >= 4 is 23.7 Å². The molecule has 0 saturated heterocycles. The number of carboxylic acids is 1. The van der Waals surface area contributed by atoms with Crippen LogP contribution >= 0.6 is 0 Å². The van der Waals surface area contributed by atoms with Crippen LogP contribution in [0.25, 0.3) is 0 Å². The van der Waals surface area contributed by atoms with E-state index in [1.807, 2.05) is 0 Å². The molecule has 2 aromatic rings. The molecule has 8 N–H and O–H groups in total. The van der Waals surface area contributed by atoms with Gasteiger partial charge in [-0.05, 0) is 30.5 Å². The zero-order valence-corrected chi connectivity index (χ0v) is 19.8. The molecular formula is C23H32N6O6. The number of aromatic hydroxyl groups is 1. The van der Waals surface area contributed by atoms with E-state index in [2.05, 4.69) is 25.9 Å². The average Bonchev–Trinajstić information content (AvgIpc) is 3.30. The Labute approximate surface area is 202 Å². The molecule has 1 aromatic carbocycles. The topological polar surface area (TPSA) is 200 Å². The molecule has 0 aliphatic rings. The summed E-state index contributed by atoms with van der Waals surface area (Å²) in [6.07, 6.45) is 3.00. The van der Waals surface area contributed by atoms with Gasteiger partial charge in [-0.3, -0.25) is 14.4 Å². The van der Waals surface area contributed by atoms with Crippen LogP contribution in [0.2, 0.25) is 0 Å². The van der Waals surface area contributed by atoms with Crippen molar-refractivity contribution in [2.75, 3.05) is 0 Å². The lowest BCUT2D eigenvalue weighted by Gasteiger charge is -2.26. The standard InChI is InChI=1S/C23H32N6O6/c1-12(2)19(23(34)35)29-22(33)17(8-14-4-6-16(30)7-5-14)28-21(32)18(27-20(31)13(3)24)9-15-10-25-11-26-15/h4-7,10-13,17-19,30H,8-9,24H2,1-3H3,(H,25,26)(H,27,31)(H,28,32)(H,29,33)(H,34,35). The van der Waals surface area contributed by atoms with Crippen LogP contribution in [0.4, 0.5) is 0 Å². The number of aliphatic carboxylic acids is 1. The van der Waals surface area contributed by atoms with Gasteiger partial charge in [-0.1, -0.05) is 26.0 Å². The molecule has 4 unspecified atom stereocenters. The van der Waals surface area contributed by atoms with Crippen LogP contribution in [0.15, 0.2) is 36.8 Å². The number of hydrogen-bond acceptors (Lipinski definition) is 7. The van der Waals surface area contributed by atoms with Crippen molar-refractivity contribution < 1.29 is 29.4 Å². The molecule has 12 nitrogen and oxygen atoms in total. The van der Waals surface area contributed by atoms with Crippen molar-refractivity contribution in [1.82, 2.24) is 25.9 Å². The predicted octanol–water partition coefficient (Wildman–Crippen LogP) is -0.557. The molecule has 1 heterocycles. The molecule has 3 amide bonds. The number of phenols is 1. The third kappa shape index (κ3) is 8.41. The number of H-pyrrole nitrogens is 1. The van der Waals surface area contributed by atoms with Gasteiger partial charge in [0.2, 0.25) is 17.7 Å². The van der Waals surface area contributed by atoms with Crippen molar-refractivity contribution in [3.8, 4) is 5.75 Å². The first kappa shape index (κ1) is 27.3. The molecule has 35 heavy (non-hydrogen) atoms. The van der Waals surface area contributed by atoms with Crippen LogP contribution in [0.3, 0.4) is 0 Å². The second kappa shape index (κ2) is 12.5. The molecule has 1 aromatic heterocycles. The number of nitrogens with one attached hydrogen (secondary N) is 4. The number of aromatic amines is 1. The number of carbonyl (C=O) groups is 4. The van der Waals surface area contributed by atoms with Crippen LogP contribution in [0.5, 0.6) is 5.75 Å². The maximum absolute atomic E-state index is 13.2. The largest absolute Gasteiger partial charge is 0.508 e.